The smallest absolute Gasteiger partial charge is 0.418 e. The standard InChI is InChI=1S/C5H7O2S/c1-5(2,3-8)7-4-6/h3H,1-2H3. The Balaban J connectivity index is 3.70. The molecule has 0 aromatic rings. The fraction of sp³-hybridized carbons (Fsp3) is 0.600. The van der Waals surface area contributed by atoms with Gasteiger partial charge in [-0.25, -0.2) is 4.79 Å². The van der Waals surface area contributed by atoms with Crippen LogP contribution >= 0.6 is 12.2 Å². The number of hydrogen-bond acceptors (Lipinski definition) is 3. The lowest BCUT2D eigenvalue weighted by Gasteiger charge is -2.13. The highest BCUT2D eigenvalue weighted by molar-refractivity contribution is 7.79. The number of rotatable bonds is 3. The first-order valence-electron chi connectivity index (χ1n) is 2.14. The van der Waals surface area contributed by atoms with Crippen molar-refractivity contribution in [1.82, 2.24) is 0 Å². The van der Waals surface area contributed by atoms with Crippen LogP contribution < -0.4 is 0 Å². The van der Waals surface area contributed by atoms with Gasteiger partial charge in [0, 0.05) is 5.37 Å². The van der Waals surface area contributed by atoms with Gasteiger partial charge in [-0.2, -0.15) is 0 Å². The third-order valence-electron chi connectivity index (χ3n) is 0.589. The van der Waals surface area contributed by atoms with E-state index in [-0.39, 0.29) is 0 Å². The maximum Gasteiger partial charge on any atom is 0.418 e. The summed E-state index contributed by atoms with van der Waals surface area (Å²) in [6, 6.07) is 0. The quantitative estimate of drug-likeness (QED) is 0.531. The Morgan fingerprint density at radius 1 is 1.75 bits per heavy atom. The second kappa shape index (κ2) is 2.77. The highest BCUT2D eigenvalue weighted by Crippen LogP contribution is 2.02. The van der Waals surface area contributed by atoms with Crippen molar-refractivity contribution in [2.45, 2.75) is 19.4 Å². The Morgan fingerprint density at radius 2 is 2.25 bits per heavy atom. The van der Waals surface area contributed by atoms with Crippen LogP contribution in [0, 0.1) is 0 Å². The molecule has 1 radical (unpaired) electrons. The van der Waals surface area contributed by atoms with Crippen molar-refractivity contribution < 1.29 is 9.53 Å². The zero-order valence-corrected chi connectivity index (χ0v) is 5.62. The van der Waals surface area contributed by atoms with Gasteiger partial charge in [-0.05, 0) is 13.8 Å². The molecular formula is C5H7O2S. The van der Waals surface area contributed by atoms with Crippen molar-refractivity contribution in [3.63, 3.8) is 0 Å². The molecule has 0 atom stereocenters. The summed E-state index contributed by atoms with van der Waals surface area (Å²) in [5.41, 5.74) is -0.642. The SMILES string of the molecule is CC(C)(C=S)O[C]=O. The molecule has 0 saturated heterocycles. The van der Waals surface area contributed by atoms with Crippen molar-refractivity contribution >= 4 is 24.1 Å². The molecule has 0 spiro atoms. The van der Waals surface area contributed by atoms with E-state index >= 15 is 0 Å². The predicted molar refractivity (Wildman–Crippen MR) is 34.5 cm³/mol. The average Bonchev–Trinajstić information content (AvgIpc) is 1.67. The Kier molecular flexibility index (Phi) is 2.62. The van der Waals surface area contributed by atoms with Crippen LogP contribution in [0.3, 0.4) is 0 Å². The highest BCUT2D eigenvalue weighted by Gasteiger charge is 2.13. The van der Waals surface area contributed by atoms with E-state index < -0.39 is 5.60 Å². The van der Waals surface area contributed by atoms with Crippen molar-refractivity contribution in [2.75, 3.05) is 0 Å². The number of carbonyl (C=O) groups excluding carboxylic acids is 1. The van der Waals surface area contributed by atoms with Crippen LogP contribution in [0.2, 0.25) is 0 Å². The minimum atomic E-state index is -0.642. The molecule has 0 bridgehead atoms. The lowest BCUT2D eigenvalue weighted by atomic mass is 10.2. The van der Waals surface area contributed by atoms with Crippen LogP contribution in [0.15, 0.2) is 0 Å². The van der Waals surface area contributed by atoms with Gasteiger partial charge in [0.1, 0.15) is 5.60 Å². The molecule has 0 fully saturated rings. The molecule has 0 aliphatic heterocycles. The Bertz CT molecular complexity index is 98.6. The fourth-order valence-corrected chi connectivity index (χ4v) is 0.180. The molecule has 8 heavy (non-hydrogen) atoms. The number of hydrogen-bond donors (Lipinski definition) is 0. The van der Waals surface area contributed by atoms with Gasteiger partial charge in [0.2, 0.25) is 0 Å². The summed E-state index contributed by atoms with van der Waals surface area (Å²) >= 11 is 4.52. The predicted octanol–water partition coefficient (Wildman–Crippen LogP) is 0.849. The summed E-state index contributed by atoms with van der Waals surface area (Å²) in [5, 5.41) is 1.37. The summed E-state index contributed by atoms with van der Waals surface area (Å²) in [4.78, 5) is 9.57. The monoisotopic (exact) mass is 131 g/mol. The van der Waals surface area contributed by atoms with E-state index in [2.05, 4.69) is 17.0 Å². The molecule has 0 aromatic heterocycles. The molecule has 0 N–H and O–H groups in total. The van der Waals surface area contributed by atoms with Gasteiger partial charge in [-0.3, -0.25) is 0 Å². The summed E-state index contributed by atoms with van der Waals surface area (Å²) in [7, 11) is 0. The molecule has 3 heteroatoms. The van der Waals surface area contributed by atoms with E-state index in [9.17, 15) is 4.79 Å². The zero-order valence-electron chi connectivity index (χ0n) is 4.80. The van der Waals surface area contributed by atoms with E-state index in [1.165, 1.54) is 11.8 Å². The molecule has 45 valence electrons. The molecule has 0 saturated carbocycles. The summed E-state index contributed by atoms with van der Waals surface area (Å²) in [6.07, 6.45) is 0. The summed E-state index contributed by atoms with van der Waals surface area (Å²) in [5.74, 6) is 0. The topological polar surface area (TPSA) is 26.3 Å². The lowest BCUT2D eigenvalue weighted by Crippen LogP contribution is -2.23. The van der Waals surface area contributed by atoms with E-state index in [0.717, 1.165) is 0 Å². The molecule has 2 nitrogen and oxygen atoms in total. The van der Waals surface area contributed by atoms with Crippen LogP contribution in [-0.4, -0.2) is 17.4 Å². The van der Waals surface area contributed by atoms with E-state index in [1.807, 2.05) is 0 Å². The van der Waals surface area contributed by atoms with Crippen molar-refractivity contribution in [3.8, 4) is 0 Å². The van der Waals surface area contributed by atoms with Crippen LogP contribution in [0.5, 0.6) is 0 Å². The molecule has 0 aromatic carbocycles. The Labute approximate surface area is 53.8 Å². The summed E-state index contributed by atoms with van der Waals surface area (Å²) in [6.45, 7) is 4.68. The fourth-order valence-electron chi connectivity index (χ4n) is 0.131. The third kappa shape index (κ3) is 2.69. The Morgan fingerprint density at radius 3 is 2.38 bits per heavy atom. The second-order valence-electron chi connectivity index (χ2n) is 1.91. The minimum Gasteiger partial charge on any atom is -0.446 e. The molecule has 0 aliphatic rings. The summed E-state index contributed by atoms with van der Waals surface area (Å²) < 4.78 is 4.41. The molecular weight excluding hydrogens is 124 g/mol. The molecule has 0 rings (SSSR count). The first-order valence-corrected chi connectivity index (χ1v) is 2.61. The largest absolute Gasteiger partial charge is 0.446 e. The van der Waals surface area contributed by atoms with Crippen molar-refractivity contribution in [1.29, 1.82) is 0 Å². The maximum absolute atomic E-state index is 9.57. The van der Waals surface area contributed by atoms with Gasteiger partial charge in [0.15, 0.2) is 0 Å². The zero-order chi connectivity index (χ0) is 6.62. The van der Waals surface area contributed by atoms with Gasteiger partial charge in [0.05, 0.1) is 0 Å². The molecule has 0 unspecified atom stereocenters. The third-order valence-corrected chi connectivity index (χ3v) is 1.16. The van der Waals surface area contributed by atoms with E-state index in [4.69, 9.17) is 0 Å². The normalized spacial score (nSPS) is 10.2. The van der Waals surface area contributed by atoms with Crippen LogP contribution in [0.25, 0.3) is 0 Å². The van der Waals surface area contributed by atoms with E-state index in [0.29, 0.717) is 0 Å². The number of ether oxygens (including phenoxy) is 1. The Hall–Kier alpha value is -0.440. The van der Waals surface area contributed by atoms with Gasteiger partial charge in [-0.1, -0.05) is 12.2 Å². The van der Waals surface area contributed by atoms with Gasteiger partial charge in [-0.15, -0.1) is 0 Å². The van der Waals surface area contributed by atoms with Gasteiger partial charge in [0.25, 0.3) is 0 Å². The molecule has 0 aliphatic carbocycles. The van der Waals surface area contributed by atoms with Crippen LogP contribution in [-0.2, 0) is 9.53 Å². The van der Waals surface area contributed by atoms with Crippen LogP contribution in [0.4, 0.5) is 0 Å². The first-order chi connectivity index (χ1) is 3.62. The molecule has 0 heterocycles. The lowest BCUT2D eigenvalue weighted by molar-refractivity contribution is 0.164. The van der Waals surface area contributed by atoms with E-state index in [1.54, 1.807) is 13.8 Å². The van der Waals surface area contributed by atoms with Crippen molar-refractivity contribution in [2.24, 2.45) is 0 Å². The highest BCUT2D eigenvalue weighted by atomic mass is 32.1. The minimum absolute atomic E-state index is 0.642. The van der Waals surface area contributed by atoms with Crippen LogP contribution in [0.1, 0.15) is 13.8 Å². The number of thiocarbonyl (C=S) groups is 1. The van der Waals surface area contributed by atoms with Gasteiger partial charge >= 0.3 is 6.47 Å². The average molecular weight is 131 g/mol. The molecule has 0 amide bonds. The second-order valence-corrected chi connectivity index (χ2v) is 2.14. The van der Waals surface area contributed by atoms with Gasteiger partial charge < -0.3 is 4.74 Å². The maximum atomic E-state index is 9.57. The first kappa shape index (κ1) is 7.56. The van der Waals surface area contributed by atoms with Crippen molar-refractivity contribution in [3.05, 3.63) is 0 Å².